The molecule has 0 radical (unpaired) electrons. The van der Waals surface area contributed by atoms with Crippen molar-refractivity contribution in [2.45, 2.75) is 0 Å². The molecule has 2 heterocycles. The summed E-state index contributed by atoms with van der Waals surface area (Å²) in [7, 11) is -0.806. The van der Waals surface area contributed by atoms with Gasteiger partial charge in [0.15, 0.2) is 17.0 Å². The van der Waals surface area contributed by atoms with E-state index in [0.717, 1.165) is 38.8 Å². The van der Waals surface area contributed by atoms with Gasteiger partial charge in [0, 0.05) is 16.5 Å². The van der Waals surface area contributed by atoms with Crippen molar-refractivity contribution < 1.29 is 0 Å². The molecule has 9 rings (SSSR count). The predicted octanol–water partition coefficient (Wildman–Crippen LogP) is 8.99. The lowest BCUT2D eigenvalue weighted by Gasteiger charge is -2.21. The number of aromatic nitrogens is 4. The van der Waals surface area contributed by atoms with E-state index in [4.69, 9.17) is 15.1 Å². The summed E-state index contributed by atoms with van der Waals surface area (Å²) in [4.78, 5) is 14.7. The van der Waals surface area contributed by atoms with Crippen LogP contribution in [0.25, 0.3) is 49.8 Å². The molecule has 1 N–H and O–H groups in total. The van der Waals surface area contributed by atoms with E-state index in [1.807, 2.05) is 6.21 Å². The summed E-state index contributed by atoms with van der Waals surface area (Å²) in [5.74, 6) is 1.31. The van der Waals surface area contributed by atoms with Gasteiger partial charge in [0.05, 0.1) is 11.9 Å². The molecule has 0 fully saturated rings. The van der Waals surface area contributed by atoms with Crippen LogP contribution in [-0.4, -0.2) is 25.7 Å². The minimum Gasteiger partial charge on any atom is -0.276 e. The molecule has 242 valence electrons. The first kappa shape index (κ1) is 30.6. The number of anilines is 1. The van der Waals surface area contributed by atoms with Crippen molar-refractivity contribution in [3.63, 3.8) is 0 Å². The van der Waals surface area contributed by atoms with Crippen LogP contribution in [0, 0.1) is 0 Å². The van der Waals surface area contributed by atoms with E-state index in [1.54, 1.807) is 6.33 Å². The summed E-state index contributed by atoms with van der Waals surface area (Å²) in [6, 6.07) is 59.4. The second-order valence-corrected chi connectivity index (χ2v) is 14.3. The molecule has 0 amide bonds. The van der Waals surface area contributed by atoms with Gasteiger partial charge >= 0.3 is 0 Å². The highest BCUT2D eigenvalue weighted by Gasteiger charge is 2.21. The van der Waals surface area contributed by atoms with Crippen molar-refractivity contribution in [2.75, 3.05) is 5.43 Å². The Hall–Kier alpha value is -6.49. The van der Waals surface area contributed by atoms with Gasteiger partial charge in [-0.25, -0.2) is 15.0 Å². The second kappa shape index (κ2) is 13.4. The van der Waals surface area contributed by atoms with E-state index in [0.29, 0.717) is 17.0 Å². The zero-order valence-corrected chi connectivity index (χ0v) is 28.4. The van der Waals surface area contributed by atoms with Gasteiger partial charge in [-0.3, -0.25) is 9.99 Å². The van der Waals surface area contributed by atoms with Gasteiger partial charge in [-0.05, 0) is 52.1 Å². The van der Waals surface area contributed by atoms with E-state index in [9.17, 15) is 0 Å². The van der Waals surface area contributed by atoms with E-state index >= 15 is 0 Å². The smallest absolute Gasteiger partial charge is 0.177 e. The zero-order chi connectivity index (χ0) is 34.0. The molecule has 0 atom stereocenters. The Morgan fingerprint density at radius 3 is 2.06 bits per heavy atom. The van der Waals surface area contributed by atoms with Crippen LogP contribution >= 0.6 is 7.92 Å². The molecule has 0 bridgehead atoms. The van der Waals surface area contributed by atoms with Crippen molar-refractivity contribution in [2.24, 2.45) is 5.10 Å². The molecule has 0 saturated carbocycles. The SMILES string of the molecule is C(=NNc1ncnc2c1nc(-c1ccc3ccccc3c1)n2-c1cccc2ccccc12)c1ccccc1P(c1ccccc1)c1ccccc1. The average molecular weight is 675 g/mol. The molecule has 7 aromatic carbocycles. The molecular weight excluding hydrogens is 644 g/mol. The highest BCUT2D eigenvalue weighted by atomic mass is 31.1. The quantitative estimate of drug-likeness (QED) is 0.0993. The Morgan fingerprint density at radius 2 is 1.25 bits per heavy atom. The van der Waals surface area contributed by atoms with Crippen LogP contribution in [-0.2, 0) is 0 Å². The largest absolute Gasteiger partial charge is 0.276 e. The van der Waals surface area contributed by atoms with Crippen molar-refractivity contribution in [3.8, 4) is 17.1 Å². The van der Waals surface area contributed by atoms with Crippen LogP contribution < -0.4 is 21.3 Å². The van der Waals surface area contributed by atoms with Crippen LogP contribution in [0.4, 0.5) is 5.82 Å². The molecule has 0 spiro atoms. The number of rotatable bonds is 8. The lowest BCUT2D eigenvalue weighted by molar-refractivity contribution is 1.08. The monoisotopic (exact) mass is 674 g/mol. The number of nitrogens with zero attached hydrogens (tertiary/aromatic N) is 5. The summed E-state index contributed by atoms with van der Waals surface area (Å²) in [6.45, 7) is 0. The lowest BCUT2D eigenvalue weighted by Crippen LogP contribution is -2.23. The van der Waals surface area contributed by atoms with Gasteiger partial charge in [-0.15, -0.1) is 0 Å². The zero-order valence-electron chi connectivity index (χ0n) is 27.5. The second-order valence-electron chi connectivity index (χ2n) is 12.2. The molecule has 2 aromatic heterocycles. The van der Waals surface area contributed by atoms with Crippen LogP contribution in [0.5, 0.6) is 0 Å². The third kappa shape index (κ3) is 5.82. The third-order valence-electron chi connectivity index (χ3n) is 9.04. The Balaban J connectivity index is 1.15. The minimum absolute atomic E-state index is 0.531. The average Bonchev–Trinajstić information content (AvgIpc) is 3.59. The summed E-state index contributed by atoms with van der Waals surface area (Å²) in [6.07, 6.45) is 3.46. The molecule has 0 saturated heterocycles. The first-order valence-electron chi connectivity index (χ1n) is 16.8. The molecular formula is C44H31N6P. The van der Waals surface area contributed by atoms with Gasteiger partial charge in [0.2, 0.25) is 0 Å². The topological polar surface area (TPSA) is 68.0 Å². The molecule has 0 unspecified atom stereocenters. The molecule has 51 heavy (non-hydrogen) atoms. The van der Waals surface area contributed by atoms with Gasteiger partial charge in [-0.1, -0.05) is 158 Å². The third-order valence-corrected chi connectivity index (χ3v) is 11.6. The van der Waals surface area contributed by atoms with Crippen LogP contribution in [0.2, 0.25) is 0 Å². The Bertz CT molecular complexity index is 2640. The number of fused-ring (bicyclic) bond motifs is 3. The Morgan fingerprint density at radius 1 is 0.588 bits per heavy atom. The fourth-order valence-electron chi connectivity index (χ4n) is 6.67. The Kier molecular flexibility index (Phi) is 8.05. The molecule has 0 aliphatic carbocycles. The van der Waals surface area contributed by atoms with Crippen molar-refractivity contribution in [3.05, 3.63) is 182 Å². The lowest BCUT2D eigenvalue weighted by atomic mass is 10.1. The first-order valence-corrected chi connectivity index (χ1v) is 18.2. The molecule has 9 aromatic rings. The summed E-state index contributed by atoms with van der Waals surface area (Å²) < 4.78 is 2.14. The van der Waals surface area contributed by atoms with Gasteiger partial charge in [0.25, 0.3) is 0 Å². The molecule has 7 heteroatoms. The number of hydrazone groups is 1. The molecule has 0 aliphatic heterocycles. The van der Waals surface area contributed by atoms with E-state index in [-0.39, 0.29) is 0 Å². The number of nitrogens with one attached hydrogen (secondary N) is 1. The molecule has 0 aliphatic rings. The number of benzene rings is 7. The van der Waals surface area contributed by atoms with Crippen LogP contribution in [0.15, 0.2) is 181 Å². The maximum Gasteiger partial charge on any atom is 0.177 e. The fraction of sp³-hybridized carbons (Fsp3) is 0. The van der Waals surface area contributed by atoms with Crippen molar-refractivity contribution in [1.82, 2.24) is 19.5 Å². The number of hydrogen-bond acceptors (Lipinski definition) is 5. The van der Waals surface area contributed by atoms with E-state index in [2.05, 4.69) is 185 Å². The van der Waals surface area contributed by atoms with Gasteiger partial charge in [0.1, 0.15) is 12.2 Å². The Labute approximate surface area is 296 Å². The van der Waals surface area contributed by atoms with E-state index < -0.39 is 7.92 Å². The summed E-state index contributed by atoms with van der Waals surface area (Å²) in [5.41, 5.74) is 7.58. The fourth-order valence-corrected chi connectivity index (χ4v) is 9.09. The minimum atomic E-state index is -0.806. The number of imidazole rings is 1. The van der Waals surface area contributed by atoms with Gasteiger partial charge < -0.3 is 0 Å². The summed E-state index contributed by atoms with van der Waals surface area (Å²) >= 11 is 0. The van der Waals surface area contributed by atoms with Crippen molar-refractivity contribution >= 4 is 68.6 Å². The maximum atomic E-state index is 5.23. The number of hydrogen-bond donors (Lipinski definition) is 1. The normalized spacial score (nSPS) is 11.6. The first-order chi connectivity index (χ1) is 25.3. The van der Waals surface area contributed by atoms with Crippen LogP contribution in [0.3, 0.4) is 0 Å². The summed E-state index contributed by atoms with van der Waals surface area (Å²) in [5, 5.41) is 13.1. The van der Waals surface area contributed by atoms with Crippen molar-refractivity contribution in [1.29, 1.82) is 0 Å². The van der Waals surface area contributed by atoms with Gasteiger partial charge in [-0.2, -0.15) is 5.10 Å². The van der Waals surface area contributed by atoms with E-state index in [1.165, 1.54) is 21.3 Å². The molecule has 6 nitrogen and oxygen atoms in total. The standard InChI is InChI=1S/C44H31N6P/c1-3-19-36(20-4-1)51(37-21-5-2-6-22-37)40-25-12-10-17-35(40)29-47-49-42-41-44(46-30-45-42)50(39-24-13-18-32-15-9-11-23-38(32)39)43(48-41)34-27-26-31-14-7-8-16-33(31)28-34/h1-30H,(H,45,46,49). The van der Waals surface area contributed by atoms with Crippen LogP contribution in [0.1, 0.15) is 5.56 Å². The predicted molar refractivity (Wildman–Crippen MR) is 213 cm³/mol. The highest BCUT2D eigenvalue weighted by molar-refractivity contribution is 7.80. The highest BCUT2D eigenvalue weighted by Crippen LogP contribution is 2.35. The maximum absolute atomic E-state index is 5.23.